The second-order valence-electron chi connectivity index (χ2n) is 6.18. The van der Waals surface area contributed by atoms with Crippen LogP contribution in [0.15, 0.2) is 24.3 Å². The molecule has 1 aromatic carbocycles. The van der Waals surface area contributed by atoms with Crippen LogP contribution in [-0.4, -0.2) is 41.1 Å². The van der Waals surface area contributed by atoms with Crippen molar-refractivity contribution in [2.24, 2.45) is 0 Å². The van der Waals surface area contributed by atoms with Gasteiger partial charge in [0.05, 0.1) is 6.57 Å². The Morgan fingerprint density at radius 3 is 1.68 bits per heavy atom. The van der Waals surface area contributed by atoms with Crippen molar-refractivity contribution in [1.29, 1.82) is 0 Å². The highest BCUT2D eigenvalue weighted by atomic mass is 35.5. The van der Waals surface area contributed by atoms with Crippen molar-refractivity contribution in [2.75, 3.05) is 0 Å². The lowest BCUT2D eigenvalue weighted by Crippen LogP contribution is -2.85. The predicted molar refractivity (Wildman–Crippen MR) is 79.3 cm³/mol. The molecule has 0 aromatic heterocycles. The van der Waals surface area contributed by atoms with Gasteiger partial charge in [0.1, 0.15) is 0 Å². The molecule has 0 amide bonds. The van der Waals surface area contributed by atoms with Gasteiger partial charge in [0.25, 0.3) is 0 Å². The van der Waals surface area contributed by atoms with Gasteiger partial charge in [-0.25, -0.2) is 9.24 Å². The molecule has 1 aliphatic carbocycles. The zero-order valence-corrected chi connectivity index (χ0v) is 14.9. The van der Waals surface area contributed by atoms with Gasteiger partial charge in [-0.3, -0.25) is 4.79 Å². The van der Waals surface area contributed by atoms with Gasteiger partial charge in [0, 0.05) is 5.02 Å². The lowest BCUT2D eigenvalue weighted by atomic mass is 9.70. The van der Waals surface area contributed by atoms with Crippen LogP contribution < -0.4 is 5.11 Å². The minimum Gasteiger partial charge on any atom is -0.872 e. The number of rotatable bonds is 3. The third-order valence-corrected chi connectivity index (χ3v) is 4.70. The topological polar surface area (TPSA) is 44.5 Å². The number of halogens is 12. The van der Waals surface area contributed by atoms with Crippen LogP contribution in [0.2, 0.25) is 5.02 Å². The summed E-state index contributed by atoms with van der Waals surface area (Å²) < 4.78 is 150. The minimum absolute atomic E-state index is 0.307. The van der Waals surface area contributed by atoms with Crippen LogP contribution in [0.3, 0.4) is 0 Å². The first-order valence-corrected chi connectivity index (χ1v) is 7.82. The summed E-state index contributed by atoms with van der Waals surface area (Å²) in [5.41, 5.74) is -8.11. The minimum atomic E-state index is -7.48. The number of nitrogens with zero attached hydrogens (tertiary/aromatic N) is 1. The van der Waals surface area contributed by atoms with Crippen LogP contribution in [0, 0.1) is 6.57 Å². The fourth-order valence-corrected chi connectivity index (χ4v) is 2.81. The maximum Gasteiger partial charge on any atom is 0.384 e. The summed E-state index contributed by atoms with van der Waals surface area (Å²) in [7, 11) is 0. The number of carbonyl (C=O) groups excluding carboxylic acids is 1. The zero-order chi connectivity index (χ0) is 24.4. The van der Waals surface area contributed by atoms with E-state index in [0.29, 0.717) is 12.1 Å². The van der Waals surface area contributed by atoms with Crippen molar-refractivity contribution >= 4 is 28.8 Å². The van der Waals surface area contributed by atoms with E-state index in [-0.39, 0.29) is 5.69 Å². The average molecular weight is 487 g/mol. The molecule has 0 saturated heterocycles. The molecule has 0 bridgehead atoms. The van der Waals surface area contributed by atoms with Gasteiger partial charge in [0.2, 0.25) is 11.5 Å². The predicted octanol–water partition coefficient (Wildman–Crippen LogP) is 5.06. The highest BCUT2D eigenvalue weighted by Gasteiger charge is 3.02. The van der Waals surface area contributed by atoms with Crippen LogP contribution in [0.4, 0.5) is 54.0 Å². The number of ketones is 1. The van der Waals surface area contributed by atoms with Crippen molar-refractivity contribution in [3.8, 4) is 0 Å². The van der Waals surface area contributed by atoms with Crippen molar-refractivity contribution in [3.63, 3.8) is 0 Å². The molecule has 1 saturated carbocycles. The van der Waals surface area contributed by atoms with E-state index in [0.717, 1.165) is 6.07 Å². The summed E-state index contributed by atoms with van der Waals surface area (Å²) in [6, 6.07) is 1.99. The van der Waals surface area contributed by atoms with E-state index in [4.69, 9.17) is 18.2 Å². The van der Waals surface area contributed by atoms with Gasteiger partial charge in [-0.15, -0.1) is 0 Å². The van der Waals surface area contributed by atoms with Gasteiger partial charge in [-0.2, -0.15) is 43.9 Å². The molecule has 170 valence electrons. The first-order chi connectivity index (χ1) is 13.8. The molecule has 0 aliphatic heterocycles. The maximum absolute atomic E-state index is 14.5. The lowest BCUT2D eigenvalue weighted by Gasteiger charge is -2.51. The normalized spacial score (nSPS) is 24.8. The first kappa shape index (κ1) is 24.7. The van der Waals surface area contributed by atoms with Crippen LogP contribution in [-0.2, 0) is 4.79 Å². The van der Waals surface area contributed by atoms with E-state index >= 15 is 0 Å². The monoisotopic (exact) mass is 486 g/mol. The average Bonchev–Trinajstić information content (AvgIpc) is 2.65. The lowest BCUT2D eigenvalue weighted by molar-refractivity contribution is -0.475. The molecular weight excluding hydrogens is 483 g/mol. The van der Waals surface area contributed by atoms with E-state index < -0.39 is 63.5 Å². The summed E-state index contributed by atoms with van der Waals surface area (Å²) in [5.74, 6) is -42.7. The Kier molecular flexibility index (Phi) is 5.35. The summed E-state index contributed by atoms with van der Waals surface area (Å²) in [5, 5.41) is 11.4. The van der Waals surface area contributed by atoms with Crippen molar-refractivity contribution < 1.29 is 58.2 Å². The van der Waals surface area contributed by atoms with Crippen LogP contribution >= 0.6 is 11.6 Å². The van der Waals surface area contributed by atoms with E-state index in [2.05, 4.69) is 4.85 Å². The molecule has 0 radical (unpaired) electrons. The largest absolute Gasteiger partial charge is 0.872 e. The first-order valence-electron chi connectivity index (χ1n) is 7.44. The molecule has 1 aliphatic rings. The summed E-state index contributed by atoms with van der Waals surface area (Å²) >= 11 is 5.52. The summed E-state index contributed by atoms with van der Waals surface area (Å²) in [6.45, 7) is 6.70. The molecule has 0 heterocycles. The van der Waals surface area contributed by atoms with Gasteiger partial charge < -0.3 is 5.11 Å². The Bertz CT molecular complexity index is 983. The molecule has 1 aromatic rings. The van der Waals surface area contributed by atoms with E-state index in [1.54, 1.807) is 0 Å². The quantitative estimate of drug-likeness (QED) is 0.259. The van der Waals surface area contributed by atoms with Gasteiger partial charge >= 0.3 is 35.3 Å². The molecule has 0 atom stereocenters. The highest BCUT2D eigenvalue weighted by molar-refractivity contribution is 6.33. The Morgan fingerprint density at radius 1 is 0.871 bits per heavy atom. The molecule has 3 nitrogen and oxygen atoms in total. The van der Waals surface area contributed by atoms with Crippen LogP contribution in [0.1, 0.15) is 5.56 Å². The fourth-order valence-electron chi connectivity index (χ4n) is 2.58. The Labute approximate surface area is 169 Å². The molecule has 0 unspecified atom stereocenters. The molecule has 0 N–H and O–H groups in total. The third-order valence-electron chi connectivity index (χ3n) is 4.40. The Balaban J connectivity index is 2.71. The molecule has 15 heteroatoms. The third kappa shape index (κ3) is 2.74. The van der Waals surface area contributed by atoms with E-state index in [9.17, 15) is 58.2 Å². The van der Waals surface area contributed by atoms with Crippen LogP contribution in [0.5, 0.6) is 0 Å². The maximum atomic E-state index is 14.5. The summed E-state index contributed by atoms with van der Waals surface area (Å²) in [6.07, 6.45) is -0.999. The van der Waals surface area contributed by atoms with Crippen molar-refractivity contribution in [2.45, 2.75) is 35.3 Å². The SMILES string of the molecule is [C-]#[N+]c1ccc(/C([O-])=C/C(=O)C2(F)C(F)(F)C(F)(F)C(F)(F)C(F)(F)C2(F)F)cc1Cl. The number of hydrogen-bond donors (Lipinski definition) is 0. The zero-order valence-electron chi connectivity index (χ0n) is 14.1. The van der Waals surface area contributed by atoms with Gasteiger partial charge in [-0.05, 0) is 17.7 Å². The molecule has 31 heavy (non-hydrogen) atoms. The van der Waals surface area contributed by atoms with Gasteiger partial charge in [0.15, 0.2) is 0 Å². The number of alkyl halides is 11. The van der Waals surface area contributed by atoms with E-state index in [1.165, 1.54) is 0 Å². The fraction of sp³-hybridized carbons (Fsp3) is 0.375. The second kappa shape index (κ2) is 6.72. The van der Waals surface area contributed by atoms with Gasteiger partial charge in [-0.1, -0.05) is 29.5 Å². The number of benzene rings is 1. The number of hydrogen-bond acceptors (Lipinski definition) is 2. The molecule has 0 spiro atoms. The van der Waals surface area contributed by atoms with E-state index in [1.807, 2.05) is 0 Å². The standard InChI is InChI=1S/C16H5ClF11NO2/c1-29-8-3-2-6(4-7(8)17)9(30)5-10(31)11(18)12(19,20)14(23,24)16(27,28)15(25,26)13(11,21)22/h2-5,30H/p-1/b9-5-. The molecule has 2 rings (SSSR count). The van der Waals surface area contributed by atoms with Crippen LogP contribution in [0.25, 0.3) is 10.6 Å². The van der Waals surface area contributed by atoms with Crippen molar-refractivity contribution in [3.05, 3.63) is 46.3 Å². The van der Waals surface area contributed by atoms with Crippen molar-refractivity contribution in [1.82, 2.24) is 0 Å². The molecular formula is C16H4ClF11NO2-. The smallest absolute Gasteiger partial charge is 0.384 e. The summed E-state index contributed by atoms with van der Waals surface area (Å²) in [4.78, 5) is 14.6. The Hall–Kier alpha value is -2.56. The molecule has 1 fully saturated rings. The highest BCUT2D eigenvalue weighted by Crippen LogP contribution is 2.69. The second-order valence-corrected chi connectivity index (χ2v) is 6.59. The Morgan fingerprint density at radius 2 is 1.29 bits per heavy atom. The number of allylic oxidation sites excluding steroid dienone is 1. The number of carbonyl (C=O) groups is 1.